The zero-order chi connectivity index (χ0) is 13.1. The van der Waals surface area contributed by atoms with Gasteiger partial charge in [0.05, 0.1) is 11.0 Å². The zero-order valence-corrected chi connectivity index (χ0v) is 9.68. The van der Waals surface area contributed by atoms with E-state index in [1.54, 1.807) is 30.3 Å². The van der Waals surface area contributed by atoms with Gasteiger partial charge in [-0.25, -0.2) is 4.79 Å². The van der Waals surface area contributed by atoms with Crippen LogP contribution in [0.5, 0.6) is 0 Å². The van der Waals surface area contributed by atoms with Gasteiger partial charge in [0.2, 0.25) is 0 Å². The molecular formula is C13H14O4. The third kappa shape index (κ3) is 2.93. The fourth-order valence-corrected chi connectivity index (χ4v) is 1.34. The van der Waals surface area contributed by atoms with Gasteiger partial charge in [0.15, 0.2) is 0 Å². The lowest BCUT2D eigenvalue weighted by molar-refractivity contribution is -0.148. The van der Waals surface area contributed by atoms with Crippen molar-refractivity contribution in [1.82, 2.24) is 0 Å². The van der Waals surface area contributed by atoms with Crippen molar-refractivity contribution in [2.24, 2.45) is 5.41 Å². The molecule has 0 amide bonds. The van der Waals surface area contributed by atoms with Crippen LogP contribution in [-0.4, -0.2) is 22.2 Å². The van der Waals surface area contributed by atoms with Gasteiger partial charge in [0, 0.05) is 0 Å². The van der Waals surface area contributed by atoms with Gasteiger partial charge in [-0.1, -0.05) is 30.3 Å². The van der Waals surface area contributed by atoms with E-state index in [1.165, 1.54) is 19.9 Å². The molecule has 4 heteroatoms. The molecule has 0 aromatic heterocycles. The quantitative estimate of drug-likeness (QED) is 0.783. The van der Waals surface area contributed by atoms with Gasteiger partial charge < -0.3 is 10.2 Å². The van der Waals surface area contributed by atoms with Gasteiger partial charge in [0.1, 0.15) is 0 Å². The van der Waals surface area contributed by atoms with Crippen LogP contribution in [-0.2, 0) is 9.59 Å². The van der Waals surface area contributed by atoms with E-state index in [0.29, 0.717) is 5.56 Å². The predicted molar refractivity (Wildman–Crippen MR) is 63.5 cm³/mol. The topological polar surface area (TPSA) is 74.6 Å². The molecule has 0 saturated heterocycles. The number of carboxylic acids is 2. The number of benzene rings is 1. The Morgan fingerprint density at radius 2 is 1.65 bits per heavy atom. The van der Waals surface area contributed by atoms with E-state index in [-0.39, 0.29) is 5.57 Å². The van der Waals surface area contributed by atoms with Crippen molar-refractivity contribution in [2.45, 2.75) is 13.8 Å². The van der Waals surface area contributed by atoms with Crippen LogP contribution < -0.4 is 0 Å². The zero-order valence-electron chi connectivity index (χ0n) is 9.68. The number of carboxylic acid groups (broad SMARTS) is 2. The van der Waals surface area contributed by atoms with E-state index in [1.807, 2.05) is 0 Å². The van der Waals surface area contributed by atoms with Crippen molar-refractivity contribution < 1.29 is 19.8 Å². The van der Waals surface area contributed by atoms with E-state index in [9.17, 15) is 9.59 Å². The lowest BCUT2D eigenvalue weighted by Gasteiger charge is -2.20. The molecule has 0 saturated carbocycles. The van der Waals surface area contributed by atoms with Crippen molar-refractivity contribution in [3.63, 3.8) is 0 Å². The van der Waals surface area contributed by atoms with E-state index in [0.717, 1.165) is 0 Å². The maximum Gasteiger partial charge on any atom is 0.332 e. The number of hydrogen-bond donors (Lipinski definition) is 2. The van der Waals surface area contributed by atoms with Gasteiger partial charge in [-0.2, -0.15) is 0 Å². The first-order valence-electron chi connectivity index (χ1n) is 5.09. The van der Waals surface area contributed by atoms with Crippen molar-refractivity contribution >= 4 is 18.0 Å². The maximum atomic E-state index is 11.1. The minimum atomic E-state index is -1.43. The molecule has 0 heterocycles. The molecule has 0 aliphatic rings. The highest BCUT2D eigenvalue weighted by molar-refractivity contribution is 6.00. The second kappa shape index (κ2) is 4.82. The summed E-state index contributed by atoms with van der Waals surface area (Å²) in [7, 11) is 0. The molecule has 1 aromatic carbocycles. The fourth-order valence-electron chi connectivity index (χ4n) is 1.34. The molecule has 0 aliphatic carbocycles. The summed E-state index contributed by atoms with van der Waals surface area (Å²) in [6, 6.07) is 8.78. The van der Waals surface area contributed by atoms with Crippen LogP contribution in [0.25, 0.3) is 6.08 Å². The third-order valence-corrected chi connectivity index (χ3v) is 2.55. The average Bonchev–Trinajstić information content (AvgIpc) is 2.26. The lowest BCUT2D eigenvalue weighted by atomic mass is 9.83. The number of rotatable bonds is 4. The molecule has 17 heavy (non-hydrogen) atoms. The SMILES string of the molecule is CC(C)(C(=O)O)/C(=C\c1ccccc1)C(=O)O. The summed E-state index contributed by atoms with van der Waals surface area (Å²) >= 11 is 0. The van der Waals surface area contributed by atoms with Crippen molar-refractivity contribution in [3.05, 3.63) is 41.5 Å². The molecule has 0 bridgehead atoms. The molecule has 2 N–H and O–H groups in total. The lowest BCUT2D eigenvalue weighted by Crippen LogP contribution is -2.30. The fraction of sp³-hybridized carbons (Fsp3) is 0.231. The first-order valence-corrected chi connectivity index (χ1v) is 5.09. The summed E-state index contributed by atoms with van der Waals surface area (Å²) < 4.78 is 0. The van der Waals surface area contributed by atoms with Crippen LogP contribution in [0.1, 0.15) is 19.4 Å². The highest BCUT2D eigenvalue weighted by Gasteiger charge is 2.35. The van der Waals surface area contributed by atoms with E-state index < -0.39 is 17.4 Å². The smallest absolute Gasteiger partial charge is 0.332 e. The van der Waals surface area contributed by atoms with Crippen LogP contribution >= 0.6 is 0 Å². The number of aliphatic carboxylic acids is 2. The molecule has 4 nitrogen and oxygen atoms in total. The normalized spacial score (nSPS) is 12.2. The molecule has 0 radical (unpaired) electrons. The first-order chi connectivity index (χ1) is 7.85. The van der Waals surface area contributed by atoms with Gasteiger partial charge in [-0.15, -0.1) is 0 Å². The molecule has 90 valence electrons. The Balaban J connectivity index is 3.24. The summed E-state index contributed by atoms with van der Waals surface area (Å²) in [5.74, 6) is -2.39. The minimum Gasteiger partial charge on any atom is -0.481 e. The predicted octanol–water partition coefficient (Wildman–Crippen LogP) is 2.27. The Bertz CT molecular complexity index is 458. The Morgan fingerprint density at radius 3 is 2.06 bits per heavy atom. The van der Waals surface area contributed by atoms with Crippen LogP contribution in [0.4, 0.5) is 0 Å². The standard InChI is InChI=1S/C13H14O4/c1-13(2,12(16)17)10(11(14)15)8-9-6-4-3-5-7-9/h3-8H,1-2H3,(H,14,15)(H,16,17)/b10-8-. The Labute approximate surface area is 99.2 Å². The Morgan fingerprint density at radius 1 is 1.12 bits per heavy atom. The molecule has 0 spiro atoms. The van der Waals surface area contributed by atoms with Gasteiger partial charge >= 0.3 is 11.9 Å². The molecule has 0 aliphatic heterocycles. The summed E-state index contributed by atoms with van der Waals surface area (Å²) in [5, 5.41) is 18.1. The summed E-state index contributed by atoms with van der Waals surface area (Å²) in [6.07, 6.45) is 1.39. The number of carbonyl (C=O) groups is 2. The summed E-state index contributed by atoms with van der Waals surface area (Å²) in [6.45, 7) is 2.75. The first kappa shape index (κ1) is 13.0. The van der Waals surface area contributed by atoms with Crippen molar-refractivity contribution in [1.29, 1.82) is 0 Å². The van der Waals surface area contributed by atoms with E-state index >= 15 is 0 Å². The Hall–Kier alpha value is -2.10. The largest absolute Gasteiger partial charge is 0.481 e. The van der Waals surface area contributed by atoms with Crippen molar-refractivity contribution in [3.8, 4) is 0 Å². The van der Waals surface area contributed by atoms with Gasteiger partial charge in [-0.3, -0.25) is 4.79 Å². The molecule has 0 fully saturated rings. The molecule has 1 aromatic rings. The average molecular weight is 234 g/mol. The van der Waals surface area contributed by atoms with Crippen LogP contribution in [0, 0.1) is 5.41 Å². The second-order valence-corrected chi connectivity index (χ2v) is 4.20. The highest BCUT2D eigenvalue weighted by Crippen LogP contribution is 2.28. The third-order valence-electron chi connectivity index (χ3n) is 2.55. The molecule has 0 unspecified atom stereocenters. The van der Waals surface area contributed by atoms with E-state index in [4.69, 9.17) is 10.2 Å². The van der Waals surface area contributed by atoms with Gasteiger partial charge in [-0.05, 0) is 25.5 Å². The monoisotopic (exact) mass is 234 g/mol. The van der Waals surface area contributed by atoms with Crippen molar-refractivity contribution in [2.75, 3.05) is 0 Å². The summed E-state index contributed by atoms with van der Waals surface area (Å²) in [4.78, 5) is 22.2. The molecule has 0 atom stereocenters. The maximum absolute atomic E-state index is 11.1. The van der Waals surface area contributed by atoms with Gasteiger partial charge in [0.25, 0.3) is 0 Å². The van der Waals surface area contributed by atoms with E-state index in [2.05, 4.69) is 0 Å². The molecule has 1 rings (SSSR count). The minimum absolute atomic E-state index is 0.142. The van der Waals surface area contributed by atoms with Crippen LogP contribution in [0.15, 0.2) is 35.9 Å². The summed E-state index contributed by atoms with van der Waals surface area (Å²) in [5.41, 5.74) is -0.905. The van der Waals surface area contributed by atoms with Crippen LogP contribution in [0.2, 0.25) is 0 Å². The second-order valence-electron chi connectivity index (χ2n) is 4.20. The Kier molecular flexibility index (Phi) is 3.68. The number of hydrogen-bond acceptors (Lipinski definition) is 2. The molecular weight excluding hydrogens is 220 g/mol. The highest BCUT2D eigenvalue weighted by atomic mass is 16.4. The van der Waals surface area contributed by atoms with Crippen LogP contribution in [0.3, 0.4) is 0 Å².